The molecule has 124 heavy (non-hydrogen) atoms. The third-order valence-electron chi connectivity index (χ3n) is 22.9. The molecule has 22 nitrogen and oxygen atoms in total. The van der Waals surface area contributed by atoms with Crippen LogP contribution in [0.25, 0.3) is 67.5 Å². The molecule has 0 unspecified atom stereocenters. The SMILES string of the molecule is CCc1cc(-c2ccc(C)c(F)c2)nn1CC(=O)N1CCc2nc(C)sc2CC1.CCc1cc(-c2ccc(C)c(F)c2)nn1CC(=O)N1Cc2nc(C)sc2C1.COc1ccc(-c2cc(-c3ccccc3)n(CC(=O)N3CCc4nc(C)sc4CC3)n2)cc1C.COc1ccc(-c2cc(-c3ccccc3)n(CC(=O)N3CCc4nc(C)sc4CC3)n2)cc1C. The van der Waals surface area contributed by atoms with Gasteiger partial charge < -0.3 is 29.1 Å². The van der Waals surface area contributed by atoms with Gasteiger partial charge in [-0.2, -0.15) is 20.4 Å². The number of benzene rings is 6. The Bertz CT molecular complexity index is 5910. The van der Waals surface area contributed by atoms with Gasteiger partial charge in [0.25, 0.3) is 0 Å². The number of carbonyl (C=O) groups is 4. The minimum Gasteiger partial charge on any atom is -0.496 e. The van der Waals surface area contributed by atoms with Crippen molar-refractivity contribution in [3.05, 3.63) is 265 Å². The van der Waals surface area contributed by atoms with Gasteiger partial charge in [0.1, 0.15) is 49.3 Å². The predicted octanol–water partition coefficient (Wildman–Crippen LogP) is 17.7. The van der Waals surface area contributed by atoms with E-state index < -0.39 is 0 Å². The van der Waals surface area contributed by atoms with Crippen molar-refractivity contribution in [3.8, 4) is 79.0 Å². The van der Waals surface area contributed by atoms with Crippen LogP contribution in [0.5, 0.6) is 11.5 Å². The van der Waals surface area contributed by atoms with E-state index in [1.54, 1.807) is 94.9 Å². The van der Waals surface area contributed by atoms with Crippen LogP contribution in [-0.4, -0.2) is 156 Å². The largest absolute Gasteiger partial charge is 0.496 e. The highest BCUT2D eigenvalue weighted by Crippen LogP contribution is 2.36. The quantitative estimate of drug-likeness (QED) is 0.0780. The van der Waals surface area contributed by atoms with Crippen molar-refractivity contribution in [2.24, 2.45) is 0 Å². The van der Waals surface area contributed by atoms with Gasteiger partial charge in [-0.15, -0.1) is 45.3 Å². The summed E-state index contributed by atoms with van der Waals surface area (Å²) >= 11 is 6.89. The smallest absolute Gasteiger partial charge is 0.244 e. The normalized spacial score (nSPS) is 13.5. The van der Waals surface area contributed by atoms with Crippen LogP contribution in [0.1, 0.15) is 110 Å². The van der Waals surface area contributed by atoms with Crippen LogP contribution in [-0.2, 0) is 110 Å². The summed E-state index contributed by atoms with van der Waals surface area (Å²) in [6, 6.07) is 50.6. The van der Waals surface area contributed by atoms with Gasteiger partial charge in [0.2, 0.25) is 23.6 Å². The first-order valence-electron chi connectivity index (χ1n) is 42.1. The zero-order valence-electron chi connectivity index (χ0n) is 72.1. The number of ether oxygens (including phenoxy) is 2. The van der Waals surface area contributed by atoms with Crippen molar-refractivity contribution >= 4 is 69.0 Å². The number of hydrogen-bond donors (Lipinski definition) is 0. The lowest BCUT2D eigenvalue weighted by Crippen LogP contribution is -2.36. The van der Waals surface area contributed by atoms with E-state index in [0.29, 0.717) is 61.8 Å². The molecule has 0 saturated carbocycles. The van der Waals surface area contributed by atoms with Gasteiger partial charge in [0.05, 0.1) is 104 Å². The topological polar surface area (TPSA) is 223 Å². The Morgan fingerprint density at radius 3 is 1.02 bits per heavy atom. The van der Waals surface area contributed by atoms with Crippen molar-refractivity contribution in [2.75, 3.05) is 53.5 Å². The molecular weight excluding hydrogens is 1640 g/mol. The van der Waals surface area contributed by atoms with E-state index in [1.807, 2.05) is 169 Å². The summed E-state index contributed by atoms with van der Waals surface area (Å²) in [6.07, 6.45) is 6.54. The molecule has 0 atom stereocenters. The van der Waals surface area contributed by atoms with Crippen LogP contribution in [0.3, 0.4) is 0 Å². The van der Waals surface area contributed by atoms with Crippen molar-refractivity contribution in [1.82, 2.24) is 78.7 Å². The van der Waals surface area contributed by atoms with Crippen LogP contribution in [0.2, 0.25) is 0 Å². The highest BCUT2D eigenvalue weighted by atomic mass is 32.1. The predicted molar refractivity (Wildman–Crippen MR) is 486 cm³/mol. The first-order valence-corrected chi connectivity index (χ1v) is 45.3. The maximum atomic E-state index is 14.0. The van der Waals surface area contributed by atoms with Gasteiger partial charge in [-0.05, 0) is 174 Å². The Hall–Kier alpha value is -12.0. The average molecular weight is 1740 g/mol. The summed E-state index contributed by atoms with van der Waals surface area (Å²) in [4.78, 5) is 83.6. The van der Waals surface area contributed by atoms with Crippen molar-refractivity contribution in [2.45, 2.75) is 160 Å². The lowest BCUT2D eigenvalue weighted by atomic mass is 10.1. The van der Waals surface area contributed by atoms with Gasteiger partial charge >= 0.3 is 0 Å². The number of nitrogens with zero attached hydrogens (tertiary/aromatic N) is 16. The molecule has 4 aliphatic rings. The third kappa shape index (κ3) is 20.3. The molecule has 0 spiro atoms. The van der Waals surface area contributed by atoms with E-state index in [4.69, 9.17) is 19.7 Å². The fourth-order valence-electron chi connectivity index (χ4n) is 16.1. The molecule has 0 radical (unpaired) electrons. The van der Waals surface area contributed by atoms with Crippen LogP contribution >= 0.6 is 45.3 Å². The van der Waals surface area contributed by atoms with E-state index in [9.17, 15) is 28.0 Å². The van der Waals surface area contributed by atoms with Crippen LogP contribution < -0.4 is 9.47 Å². The molecule has 640 valence electrons. The number of carbonyl (C=O) groups excluding carboxylic acids is 4. The highest BCUT2D eigenvalue weighted by Gasteiger charge is 2.31. The Balaban J connectivity index is 0.000000129. The molecule has 0 N–H and O–H groups in total. The van der Waals surface area contributed by atoms with Gasteiger partial charge in [0, 0.05) is 131 Å². The van der Waals surface area contributed by atoms with E-state index in [-0.39, 0.29) is 61.4 Å². The first-order chi connectivity index (χ1) is 59.9. The van der Waals surface area contributed by atoms with Gasteiger partial charge in [0.15, 0.2) is 0 Å². The minimum absolute atomic E-state index is 0.0253. The summed E-state index contributed by atoms with van der Waals surface area (Å²) in [7, 11) is 3.35. The Morgan fingerprint density at radius 2 is 0.661 bits per heavy atom. The van der Waals surface area contributed by atoms with Crippen LogP contribution in [0.4, 0.5) is 8.78 Å². The molecule has 6 aromatic carbocycles. The number of thiazole rings is 4. The molecule has 0 aliphatic carbocycles. The summed E-state index contributed by atoms with van der Waals surface area (Å²) in [6.45, 7) is 25.9. The maximum absolute atomic E-state index is 14.0. The third-order valence-corrected chi connectivity index (χ3v) is 27.1. The molecule has 12 heterocycles. The zero-order chi connectivity index (χ0) is 87.0. The number of aromatic nitrogens is 12. The Kier molecular flexibility index (Phi) is 27.2. The number of rotatable bonds is 18. The molecule has 4 aliphatic heterocycles. The number of amides is 4. The second-order valence-electron chi connectivity index (χ2n) is 31.5. The molecular formula is C96H102F2N16O6S4. The van der Waals surface area contributed by atoms with E-state index in [2.05, 4.69) is 78.7 Å². The van der Waals surface area contributed by atoms with E-state index in [0.717, 1.165) is 197 Å². The molecule has 0 bridgehead atoms. The molecule has 28 heteroatoms. The van der Waals surface area contributed by atoms with Gasteiger partial charge in [-0.1, -0.05) is 98.8 Å². The minimum atomic E-state index is -0.248. The number of hydrogen-bond acceptors (Lipinski definition) is 18. The molecule has 0 saturated heterocycles. The van der Waals surface area contributed by atoms with Crippen LogP contribution in [0, 0.1) is 67.0 Å². The maximum Gasteiger partial charge on any atom is 0.244 e. The van der Waals surface area contributed by atoms with Crippen molar-refractivity contribution in [1.29, 1.82) is 0 Å². The zero-order valence-corrected chi connectivity index (χ0v) is 75.4. The summed E-state index contributed by atoms with van der Waals surface area (Å²) in [5.41, 5.74) is 20.2. The number of fused-ring (bicyclic) bond motifs is 4. The fourth-order valence-corrected chi connectivity index (χ4v) is 20.0. The van der Waals surface area contributed by atoms with Gasteiger partial charge in [-0.3, -0.25) is 37.9 Å². The first kappa shape index (κ1) is 86.9. The van der Waals surface area contributed by atoms with E-state index >= 15 is 0 Å². The fraction of sp³-hybridized carbons (Fsp3) is 0.333. The second-order valence-corrected chi connectivity index (χ2v) is 36.7. The summed E-state index contributed by atoms with van der Waals surface area (Å²) in [5.74, 6) is 1.47. The molecule has 18 rings (SSSR count). The Morgan fingerprint density at radius 1 is 0.339 bits per heavy atom. The number of aryl methyl sites for hydroxylation is 10. The average Bonchev–Trinajstić information content (AvgIpc) is 1.65. The lowest BCUT2D eigenvalue weighted by Gasteiger charge is -2.21. The molecule has 14 aromatic rings. The van der Waals surface area contributed by atoms with Crippen molar-refractivity contribution < 1.29 is 37.4 Å². The monoisotopic (exact) mass is 1740 g/mol. The lowest BCUT2D eigenvalue weighted by molar-refractivity contribution is -0.133. The Labute approximate surface area is 737 Å². The van der Waals surface area contributed by atoms with Crippen LogP contribution in [0.15, 0.2) is 158 Å². The summed E-state index contributed by atoms with van der Waals surface area (Å²) in [5, 5.41) is 23.3. The number of halogens is 2. The van der Waals surface area contributed by atoms with E-state index in [1.165, 1.54) is 31.6 Å². The van der Waals surface area contributed by atoms with Crippen molar-refractivity contribution in [3.63, 3.8) is 0 Å². The second kappa shape index (κ2) is 38.8. The standard InChI is InChI=1S/2C27H28N4O2S.C22H25FN4OS.C20H21FN4OS/c2*1-18-15-21(9-10-25(18)33-3)23-16-24(20-7-5-4-6-8-20)31(29-23)17-27(32)30-13-11-22-26(12-14-30)34-19(2)28-22;1-4-17-12-20(16-6-5-14(2)18(23)11-16)25-27(17)13-22(28)26-9-7-19-21(8-10-26)29-15(3)24-19;1-4-15-8-17(14-6-5-12(2)16(21)7-14)23-25(15)11-20(26)24-9-18-19(10-24)27-13(3)22-18/h2*4-10,15-16H,11-14,17H2,1-3H3;5-6,11-12H,4,7-10,13H2,1-3H3;5-8H,4,9-11H2,1-3H3. The number of methoxy groups -OCH3 is 2. The highest BCUT2D eigenvalue weighted by molar-refractivity contribution is 7.12. The molecule has 0 fully saturated rings. The van der Waals surface area contributed by atoms with Gasteiger partial charge in [-0.25, -0.2) is 28.7 Å². The summed E-state index contributed by atoms with van der Waals surface area (Å²) < 4.78 is 45.9. The molecule has 4 amide bonds. The molecule has 8 aromatic heterocycles.